The summed E-state index contributed by atoms with van der Waals surface area (Å²) >= 11 is 1.71. The van der Waals surface area contributed by atoms with Crippen LogP contribution in [-0.4, -0.2) is 22.9 Å². The molecule has 1 fully saturated rings. The van der Waals surface area contributed by atoms with Crippen LogP contribution < -0.4 is 11.1 Å². The van der Waals surface area contributed by atoms with Gasteiger partial charge in [0.25, 0.3) is 0 Å². The fourth-order valence-corrected chi connectivity index (χ4v) is 5.10. The van der Waals surface area contributed by atoms with Gasteiger partial charge in [0, 0.05) is 40.4 Å². The van der Waals surface area contributed by atoms with Crippen molar-refractivity contribution in [2.45, 2.75) is 43.8 Å². The van der Waals surface area contributed by atoms with Crippen LogP contribution in [0.25, 0.3) is 0 Å². The lowest BCUT2D eigenvalue weighted by Crippen LogP contribution is -2.38. The number of aliphatic hydroxyl groups is 1. The molecule has 34 heavy (non-hydrogen) atoms. The van der Waals surface area contributed by atoms with Crippen LogP contribution in [-0.2, 0) is 20.9 Å². The maximum Gasteiger partial charge on any atom is 0.221 e. The van der Waals surface area contributed by atoms with Gasteiger partial charge in [0.2, 0.25) is 5.91 Å². The number of hydrogen-bond acceptors (Lipinski definition) is 6. The van der Waals surface area contributed by atoms with Crippen molar-refractivity contribution in [3.63, 3.8) is 0 Å². The van der Waals surface area contributed by atoms with Crippen LogP contribution in [0.3, 0.4) is 0 Å². The van der Waals surface area contributed by atoms with E-state index in [1.165, 1.54) is 6.92 Å². The summed E-state index contributed by atoms with van der Waals surface area (Å²) in [5, 5.41) is 12.2. The zero-order valence-electron chi connectivity index (χ0n) is 19.3. The maximum atomic E-state index is 11.3. The summed E-state index contributed by atoms with van der Waals surface area (Å²) in [6.07, 6.45) is -0.765. The third-order valence-corrected chi connectivity index (χ3v) is 7.00. The van der Waals surface area contributed by atoms with Crippen LogP contribution in [0.15, 0.2) is 77.7 Å². The summed E-state index contributed by atoms with van der Waals surface area (Å²) in [5.41, 5.74) is 10.3. The van der Waals surface area contributed by atoms with E-state index in [2.05, 4.69) is 12.2 Å². The SMILES string of the molecule is CC(=O)Nc1ccc(SC[C@H]2O[C@@H](c3cccc(N)c3)O[C@@H](c3ccc(CO)cc3)[C@H]2C)cc1. The van der Waals surface area contributed by atoms with E-state index in [0.717, 1.165) is 33.0 Å². The van der Waals surface area contributed by atoms with E-state index >= 15 is 0 Å². The third kappa shape index (κ3) is 5.98. The average molecular weight is 479 g/mol. The van der Waals surface area contributed by atoms with Crippen molar-refractivity contribution in [1.82, 2.24) is 0 Å². The lowest BCUT2D eigenvalue weighted by molar-refractivity contribution is -0.268. The summed E-state index contributed by atoms with van der Waals surface area (Å²) in [5.74, 6) is 0.757. The highest BCUT2D eigenvalue weighted by Gasteiger charge is 2.38. The van der Waals surface area contributed by atoms with Gasteiger partial charge in [0.05, 0.1) is 18.8 Å². The molecular formula is C27H30N2O4S. The Labute approximate surface area is 204 Å². The molecule has 0 radical (unpaired) electrons. The number of amides is 1. The molecule has 0 spiro atoms. The lowest BCUT2D eigenvalue weighted by Gasteiger charge is -2.41. The molecule has 3 aromatic rings. The molecule has 178 valence electrons. The number of nitrogens with two attached hydrogens (primary N) is 1. The highest BCUT2D eigenvalue weighted by molar-refractivity contribution is 7.99. The minimum atomic E-state index is -0.532. The molecule has 0 saturated carbocycles. The Bertz CT molecular complexity index is 1100. The van der Waals surface area contributed by atoms with Crippen LogP contribution in [0.1, 0.15) is 42.9 Å². The molecule has 7 heteroatoms. The fourth-order valence-electron chi connectivity index (χ4n) is 4.03. The number of nitrogens with one attached hydrogen (secondary N) is 1. The zero-order valence-corrected chi connectivity index (χ0v) is 20.1. The first-order chi connectivity index (χ1) is 16.4. The first kappa shape index (κ1) is 24.3. The Kier molecular flexibility index (Phi) is 7.90. The predicted octanol–water partition coefficient (Wildman–Crippen LogP) is 5.30. The second-order valence-corrected chi connectivity index (χ2v) is 9.60. The fraction of sp³-hybridized carbons (Fsp3) is 0.296. The second-order valence-electron chi connectivity index (χ2n) is 8.51. The van der Waals surface area contributed by atoms with Gasteiger partial charge in [-0.25, -0.2) is 0 Å². The number of hydrogen-bond donors (Lipinski definition) is 3. The maximum absolute atomic E-state index is 11.3. The number of ether oxygens (including phenoxy) is 2. The largest absolute Gasteiger partial charge is 0.399 e. The lowest BCUT2D eigenvalue weighted by atomic mass is 9.91. The molecule has 0 aromatic heterocycles. The van der Waals surface area contributed by atoms with Crippen molar-refractivity contribution in [3.8, 4) is 0 Å². The molecule has 1 saturated heterocycles. The zero-order chi connectivity index (χ0) is 24.1. The first-order valence-corrected chi connectivity index (χ1v) is 12.3. The highest BCUT2D eigenvalue weighted by Crippen LogP contribution is 2.43. The molecule has 4 atom stereocenters. The standard InChI is InChI=1S/C27H30N2O4S/c1-17-25(16-34-24-12-10-23(11-13-24)29-18(2)31)32-27(21-4-3-5-22(28)14-21)33-26(17)20-8-6-19(15-30)7-9-20/h3-14,17,25-27,30H,15-16,28H2,1-2H3,(H,29,31)/t17-,25+,26+,27+/m0/s1. The summed E-state index contributed by atoms with van der Waals surface area (Å²) in [6.45, 7) is 3.65. The van der Waals surface area contributed by atoms with Gasteiger partial charge in [-0.1, -0.05) is 43.3 Å². The predicted molar refractivity (Wildman–Crippen MR) is 135 cm³/mol. The number of nitrogen functional groups attached to an aromatic ring is 1. The van der Waals surface area contributed by atoms with Crippen LogP contribution in [0, 0.1) is 5.92 Å². The number of aliphatic hydroxyl groups excluding tert-OH is 1. The van der Waals surface area contributed by atoms with Crippen molar-refractivity contribution >= 4 is 29.0 Å². The number of anilines is 2. The molecule has 6 nitrogen and oxygen atoms in total. The van der Waals surface area contributed by atoms with Gasteiger partial charge in [-0.2, -0.15) is 0 Å². The molecule has 0 bridgehead atoms. The number of carbonyl (C=O) groups excluding carboxylic acids is 1. The van der Waals surface area contributed by atoms with Crippen LogP contribution >= 0.6 is 11.8 Å². The van der Waals surface area contributed by atoms with E-state index < -0.39 is 6.29 Å². The summed E-state index contributed by atoms with van der Waals surface area (Å²) in [7, 11) is 0. The van der Waals surface area contributed by atoms with Crippen molar-refractivity contribution in [1.29, 1.82) is 0 Å². The van der Waals surface area contributed by atoms with E-state index in [-0.39, 0.29) is 30.6 Å². The number of thioether (sulfide) groups is 1. The summed E-state index contributed by atoms with van der Waals surface area (Å²) in [6, 6.07) is 23.3. The van der Waals surface area contributed by atoms with Crippen molar-refractivity contribution < 1.29 is 19.4 Å². The summed E-state index contributed by atoms with van der Waals surface area (Å²) in [4.78, 5) is 12.4. The molecule has 1 heterocycles. The van der Waals surface area contributed by atoms with Gasteiger partial charge in [-0.3, -0.25) is 4.79 Å². The second kappa shape index (κ2) is 11.1. The minimum Gasteiger partial charge on any atom is -0.399 e. The van der Waals surface area contributed by atoms with Gasteiger partial charge >= 0.3 is 0 Å². The smallest absolute Gasteiger partial charge is 0.221 e. The Morgan fingerprint density at radius 3 is 2.41 bits per heavy atom. The van der Waals surface area contributed by atoms with Crippen LogP contribution in [0.2, 0.25) is 0 Å². The molecule has 3 aromatic carbocycles. The number of carbonyl (C=O) groups is 1. The Balaban J connectivity index is 1.53. The Morgan fingerprint density at radius 1 is 1.03 bits per heavy atom. The van der Waals surface area contributed by atoms with E-state index in [1.54, 1.807) is 11.8 Å². The monoisotopic (exact) mass is 478 g/mol. The first-order valence-electron chi connectivity index (χ1n) is 11.3. The van der Waals surface area contributed by atoms with Crippen molar-refractivity contribution in [2.24, 2.45) is 5.92 Å². The Morgan fingerprint density at radius 2 is 1.76 bits per heavy atom. The third-order valence-electron chi connectivity index (χ3n) is 5.90. The van der Waals surface area contributed by atoms with Crippen LogP contribution in [0.4, 0.5) is 11.4 Å². The molecule has 1 aliphatic heterocycles. The van der Waals surface area contributed by atoms with Gasteiger partial charge in [-0.05, 0) is 47.5 Å². The molecule has 1 aliphatic rings. The van der Waals surface area contributed by atoms with E-state index in [0.29, 0.717) is 5.69 Å². The van der Waals surface area contributed by atoms with Gasteiger partial charge < -0.3 is 25.6 Å². The quantitative estimate of drug-likeness (QED) is 0.315. The van der Waals surface area contributed by atoms with Crippen molar-refractivity contribution in [3.05, 3.63) is 89.5 Å². The molecule has 0 aliphatic carbocycles. The number of benzene rings is 3. The molecule has 4 rings (SSSR count). The van der Waals surface area contributed by atoms with E-state index in [1.807, 2.05) is 72.8 Å². The molecule has 0 unspecified atom stereocenters. The number of rotatable bonds is 7. The van der Waals surface area contributed by atoms with Crippen LogP contribution in [0.5, 0.6) is 0 Å². The van der Waals surface area contributed by atoms with Gasteiger partial charge in [0.1, 0.15) is 0 Å². The van der Waals surface area contributed by atoms with E-state index in [9.17, 15) is 9.90 Å². The highest BCUT2D eigenvalue weighted by atomic mass is 32.2. The summed E-state index contributed by atoms with van der Waals surface area (Å²) < 4.78 is 12.9. The average Bonchev–Trinajstić information content (AvgIpc) is 2.84. The minimum absolute atomic E-state index is 0.0103. The Hall–Kier alpha value is -2.84. The molecular weight excluding hydrogens is 448 g/mol. The molecule has 4 N–H and O–H groups in total. The normalized spacial score (nSPS) is 22.3. The van der Waals surface area contributed by atoms with Gasteiger partial charge in [0.15, 0.2) is 6.29 Å². The topological polar surface area (TPSA) is 93.8 Å². The van der Waals surface area contributed by atoms with Crippen molar-refractivity contribution in [2.75, 3.05) is 16.8 Å². The van der Waals surface area contributed by atoms with Gasteiger partial charge in [-0.15, -0.1) is 11.8 Å². The van der Waals surface area contributed by atoms with E-state index in [4.69, 9.17) is 15.2 Å². The molecule has 1 amide bonds.